The van der Waals surface area contributed by atoms with Gasteiger partial charge in [0.2, 0.25) is 0 Å². The van der Waals surface area contributed by atoms with Crippen LogP contribution in [0.1, 0.15) is 17.8 Å². The van der Waals surface area contributed by atoms with E-state index in [2.05, 4.69) is 33.0 Å². The van der Waals surface area contributed by atoms with Gasteiger partial charge in [0.1, 0.15) is 0 Å². The predicted octanol–water partition coefficient (Wildman–Crippen LogP) is 0.812. The summed E-state index contributed by atoms with van der Waals surface area (Å²) in [6, 6.07) is 2.13. The zero-order chi connectivity index (χ0) is 13.5. The molecular weight excluding hydrogens is 240 g/mol. The van der Waals surface area contributed by atoms with Crippen molar-refractivity contribution in [2.75, 3.05) is 45.9 Å². The maximum atomic E-state index is 5.33. The molecule has 1 saturated heterocycles. The molecule has 1 aromatic heterocycles. The van der Waals surface area contributed by atoms with Crippen molar-refractivity contribution >= 4 is 0 Å². The minimum atomic E-state index is 0.887. The van der Waals surface area contributed by atoms with Gasteiger partial charge in [-0.25, -0.2) is 0 Å². The Kier molecular flexibility index (Phi) is 5.82. The monoisotopic (exact) mass is 266 g/mol. The number of nitrogens with zero attached hydrogens (tertiary/aromatic N) is 3. The molecule has 0 saturated carbocycles. The Balaban J connectivity index is 1.51. The van der Waals surface area contributed by atoms with E-state index in [-0.39, 0.29) is 0 Å². The molecule has 0 amide bonds. The topological polar surface area (TPSA) is 42.3 Å². The summed E-state index contributed by atoms with van der Waals surface area (Å²) >= 11 is 0. The van der Waals surface area contributed by atoms with Crippen molar-refractivity contribution in [3.8, 4) is 0 Å². The van der Waals surface area contributed by atoms with Crippen LogP contribution in [0, 0.1) is 13.8 Å². The van der Waals surface area contributed by atoms with Crippen LogP contribution >= 0.6 is 0 Å². The Morgan fingerprint density at radius 2 is 2.00 bits per heavy atom. The smallest absolute Gasteiger partial charge is 0.0596 e. The van der Waals surface area contributed by atoms with Crippen LogP contribution in [0.5, 0.6) is 0 Å². The van der Waals surface area contributed by atoms with Crippen molar-refractivity contribution < 1.29 is 4.74 Å². The second-order valence-corrected chi connectivity index (χ2v) is 5.21. The number of nitrogens with one attached hydrogen (secondary N) is 1. The van der Waals surface area contributed by atoms with Gasteiger partial charge in [0.15, 0.2) is 0 Å². The first-order chi connectivity index (χ1) is 9.25. The molecule has 1 aromatic rings. The van der Waals surface area contributed by atoms with E-state index < -0.39 is 0 Å². The van der Waals surface area contributed by atoms with Crippen molar-refractivity contribution in [3.05, 3.63) is 17.5 Å². The summed E-state index contributed by atoms with van der Waals surface area (Å²) in [5.41, 5.74) is 2.36. The molecule has 2 heterocycles. The third-order valence-corrected chi connectivity index (χ3v) is 3.54. The Morgan fingerprint density at radius 3 is 2.68 bits per heavy atom. The summed E-state index contributed by atoms with van der Waals surface area (Å²) < 4.78 is 7.43. The normalized spacial score (nSPS) is 16.9. The van der Waals surface area contributed by atoms with Gasteiger partial charge in [0, 0.05) is 38.4 Å². The standard InChI is InChI=1S/C14H26N4O/c1-13-12-14(2)18(16-13)6-3-4-15-5-7-17-8-10-19-11-9-17/h12,15H,3-11H2,1-2H3. The van der Waals surface area contributed by atoms with Crippen LogP contribution in [0.3, 0.4) is 0 Å². The van der Waals surface area contributed by atoms with E-state index in [9.17, 15) is 0 Å². The van der Waals surface area contributed by atoms with E-state index >= 15 is 0 Å². The minimum Gasteiger partial charge on any atom is -0.379 e. The summed E-state index contributed by atoms with van der Waals surface area (Å²) in [7, 11) is 0. The van der Waals surface area contributed by atoms with Crippen LogP contribution in [0.25, 0.3) is 0 Å². The molecule has 108 valence electrons. The fourth-order valence-corrected chi connectivity index (χ4v) is 2.44. The highest BCUT2D eigenvalue weighted by Crippen LogP contribution is 2.02. The summed E-state index contributed by atoms with van der Waals surface area (Å²) in [6.45, 7) is 12.3. The summed E-state index contributed by atoms with van der Waals surface area (Å²) in [6.07, 6.45) is 1.13. The zero-order valence-electron chi connectivity index (χ0n) is 12.2. The molecule has 1 fully saturated rings. The number of hydrogen-bond acceptors (Lipinski definition) is 4. The molecule has 0 aliphatic carbocycles. The second-order valence-electron chi connectivity index (χ2n) is 5.21. The fourth-order valence-electron chi connectivity index (χ4n) is 2.44. The van der Waals surface area contributed by atoms with Crippen LogP contribution in [0.2, 0.25) is 0 Å². The second kappa shape index (κ2) is 7.62. The highest BCUT2D eigenvalue weighted by atomic mass is 16.5. The molecule has 2 rings (SSSR count). The first-order valence-corrected chi connectivity index (χ1v) is 7.27. The molecule has 0 atom stereocenters. The quantitative estimate of drug-likeness (QED) is 0.742. The maximum absolute atomic E-state index is 5.33. The molecule has 1 N–H and O–H groups in total. The van der Waals surface area contributed by atoms with Crippen LogP contribution in [-0.4, -0.2) is 60.6 Å². The molecule has 5 nitrogen and oxygen atoms in total. The number of ether oxygens (including phenoxy) is 1. The number of aromatic nitrogens is 2. The average Bonchev–Trinajstić information content (AvgIpc) is 2.73. The number of hydrogen-bond donors (Lipinski definition) is 1. The molecule has 0 aromatic carbocycles. The summed E-state index contributed by atoms with van der Waals surface area (Å²) in [5.74, 6) is 0. The van der Waals surface area contributed by atoms with Gasteiger partial charge >= 0.3 is 0 Å². The van der Waals surface area contributed by atoms with Gasteiger partial charge in [-0.2, -0.15) is 5.10 Å². The van der Waals surface area contributed by atoms with Gasteiger partial charge < -0.3 is 10.1 Å². The van der Waals surface area contributed by atoms with Crippen molar-refractivity contribution in [2.45, 2.75) is 26.8 Å². The summed E-state index contributed by atoms with van der Waals surface area (Å²) in [5, 5.41) is 7.97. The molecule has 1 aliphatic rings. The SMILES string of the molecule is Cc1cc(C)n(CCCNCCN2CCOCC2)n1. The van der Waals surface area contributed by atoms with E-state index in [0.29, 0.717) is 0 Å². The van der Waals surface area contributed by atoms with Gasteiger partial charge in [0.05, 0.1) is 18.9 Å². The van der Waals surface area contributed by atoms with Crippen LogP contribution in [-0.2, 0) is 11.3 Å². The lowest BCUT2D eigenvalue weighted by Crippen LogP contribution is -2.40. The van der Waals surface area contributed by atoms with Gasteiger partial charge in [-0.1, -0.05) is 0 Å². The first-order valence-electron chi connectivity index (χ1n) is 7.27. The maximum Gasteiger partial charge on any atom is 0.0596 e. The van der Waals surface area contributed by atoms with Crippen molar-refractivity contribution in [3.63, 3.8) is 0 Å². The Bertz CT molecular complexity index is 372. The largest absolute Gasteiger partial charge is 0.379 e. The summed E-state index contributed by atoms with van der Waals surface area (Å²) in [4.78, 5) is 2.46. The van der Waals surface area contributed by atoms with E-state index in [4.69, 9.17) is 4.74 Å². The molecule has 5 heteroatoms. The first kappa shape index (κ1) is 14.5. The number of morpholine rings is 1. The number of aryl methyl sites for hydroxylation is 3. The van der Waals surface area contributed by atoms with Crippen LogP contribution < -0.4 is 5.32 Å². The third-order valence-electron chi connectivity index (χ3n) is 3.54. The highest BCUT2D eigenvalue weighted by molar-refractivity contribution is 5.06. The van der Waals surface area contributed by atoms with Crippen molar-refractivity contribution in [1.29, 1.82) is 0 Å². The Hall–Kier alpha value is -0.910. The molecule has 1 aliphatic heterocycles. The van der Waals surface area contributed by atoms with E-state index in [0.717, 1.165) is 64.6 Å². The lowest BCUT2D eigenvalue weighted by Gasteiger charge is -2.26. The lowest BCUT2D eigenvalue weighted by atomic mass is 10.3. The molecule has 19 heavy (non-hydrogen) atoms. The van der Waals surface area contributed by atoms with Crippen LogP contribution in [0.15, 0.2) is 6.07 Å². The Labute approximate surface area is 115 Å². The van der Waals surface area contributed by atoms with Gasteiger partial charge in [-0.3, -0.25) is 9.58 Å². The molecule has 0 radical (unpaired) electrons. The lowest BCUT2D eigenvalue weighted by molar-refractivity contribution is 0.0384. The fraction of sp³-hybridized carbons (Fsp3) is 0.786. The van der Waals surface area contributed by atoms with E-state index in [1.807, 2.05) is 6.92 Å². The molecule has 0 spiro atoms. The van der Waals surface area contributed by atoms with Gasteiger partial charge in [-0.05, 0) is 32.9 Å². The highest BCUT2D eigenvalue weighted by Gasteiger charge is 2.08. The predicted molar refractivity (Wildman–Crippen MR) is 76.4 cm³/mol. The van der Waals surface area contributed by atoms with E-state index in [1.165, 1.54) is 5.69 Å². The van der Waals surface area contributed by atoms with Crippen LogP contribution in [0.4, 0.5) is 0 Å². The molecular formula is C14H26N4O. The third kappa shape index (κ3) is 4.93. The number of rotatable bonds is 7. The Morgan fingerprint density at radius 1 is 1.21 bits per heavy atom. The van der Waals surface area contributed by atoms with Gasteiger partial charge in [-0.15, -0.1) is 0 Å². The molecule has 0 unspecified atom stereocenters. The van der Waals surface area contributed by atoms with Crippen molar-refractivity contribution in [2.24, 2.45) is 0 Å². The minimum absolute atomic E-state index is 0.887. The molecule has 0 bridgehead atoms. The average molecular weight is 266 g/mol. The van der Waals surface area contributed by atoms with E-state index in [1.54, 1.807) is 0 Å². The van der Waals surface area contributed by atoms with Crippen molar-refractivity contribution in [1.82, 2.24) is 20.0 Å². The van der Waals surface area contributed by atoms with Gasteiger partial charge in [0.25, 0.3) is 0 Å². The zero-order valence-corrected chi connectivity index (χ0v) is 12.2.